The molecule has 4 nitrogen and oxygen atoms in total. The smallest absolute Gasteiger partial charge is 0.258 e. The number of amides is 1. The van der Waals surface area contributed by atoms with Gasteiger partial charge in [-0.05, 0) is 43.5 Å². The van der Waals surface area contributed by atoms with Crippen LogP contribution in [0.2, 0.25) is 0 Å². The van der Waals surface area contributed by atoms with Gasteiger partial charge in [0.05, 0.1) is 5.69 Å². The molecule has 0 saturated heterocycles. The first-order valence-corrected chi connectivity index (χ1v) is 6.72. The fourth-order valence-electron chi connectivity index (χ4n) is 2.67. The highest BCUT2D eigenvalue weighted by Gasteiger charge is 2.26. The summed E-state index contributed by atoms with van der Waals surface area (Å²) in [6.45, 7) is 2.49. The standard InChI is InChI=1S/C16H16N2O2/c1-11-10-13(7-8-17-11)16(20)18-9-3-5-12-4-2-6-14(19)15(12)18/h2,4,6-8,10,19H,3,5,9H2,1H3. The lowest BCUT2D eigenvalue weighted by atomic mass is 10.00. The van der Waals surface area contributed by atoms with Crippen LogP contribution in [0.3, 0.4) is 0 Å². The number of hydrogen-bond donors (Lipinski definition) is 1. The number of aromatic nitrogens is 1. The van der Waals surface area contributed by atoms with Crippen LogP contribution in [0.15, 0.2) is 36.5 Å². The first-order valence-electron chi connectivity index (χ1n) is 6.72. The van der Waals surface area contributed by atoms with E-state index in [2.05, 4.69) is 4.98 Å². The number of phenolic OH excluding ortho intramolecular Hbond substituents is 1. The van der Waals surface area contributed by atoms with Crippen molar-refractivity contribution in [3.8, 4) is 5.75 Å². The summed E-state index contributed by atoms with van der Waals surface area (Å²) in [7, 11) is 0. The monoisotopic (exact) mass is 268 g/mol. The maximum atomic E-state index is 12.7. The van der Waals surface area contributed by atoms with Gasteiger partial charge in [-0.15, -0.1) is 0 Å². The minimum atomic E-state index is -0.0852. The summed E-state index contributed by atoms with van der Waals surface area (Å²) in [4.78, 5) is 18.4. The Labute approximate surface area is 117 Å². The molecule has 0 bridgehead atoms. The number of fused-ring (bicyclic) bond motifs is 1. The average Bonchev–Trinajstić information content (AvgIpc) is 2.46. The predicted molar refractivity (Wildman–Crippen MR) is 77.1 cm³/mol. The Kier molecular flexibility index (Phi) is 3.14. The molecule has 0 fully saturated rings. The highest BCUT2D eigenvalue weighted by Crippen LogP contribution is 2.36. The third-order valence-corrected chi connectivity index (χ3v) is 3.58. The molecule has 2 aromatic rings. The number of pyridine rings is 1. The molecule has 0 unspecified atom stereocenters. The lowest BCUT2D eigenvalue weighted by Gasteiger charge is -2.30. The van der Waals surface area contributed by atoms with Gasteiger partial charge in [-0.25, -0.2) is 0 Å². The maximum absolute atomic E-state index is 12.7. The number of rotatable bonds is 1. The van der Waals surface area contributed by atoms with Crippen LogP contribution in [0, 0.1) is 6.92 Å². The zero-order valence-electron chi connectivity index (χ0n) is 11.3. The van der Waals surface area contributed by atoms with E-state index in [0.717, 1.165) is 24.1 Å². The Hall–Kier alpha value is -2.36. The Morgan fingerprint density at radius 1 is 1.35 bits per heavy atom. The maximum Gasteiger partial charge on any atom is 0.258 e. The highest BCUT2D eigenvalue weighted by molar-refractivity contribution is 6.07. The second-order valence-corrected chi connectivity index (χ2v) is 5.03. The third-order valence-electron chi connectivity index (χ3n) is 3.58. The van der Waals surface area contributed by atoms with Gasteiger partial charge in [0.1, 0.15) is 5.75 Å². The molecule has 20 heavy (non-hydrogen) atoms. The van der Waals surface area contributed by atoms with Gasteiger partial charge >= 0.3 is 0 Å². The van der Waals surface area contributed by atoms with Crippen LogP contribution in [0.1, 0.15) is 28.0 Å². The lowest BCUT2D eigenvalue weighted by molar-refractivity contribution is 0.0984. The van der Waals surface area contributed by atoms with Crippen molar-refractivity contribution in [2.45, 2.75) is 19.8 Å². The van der Waals surface area contributed by atoms with Crippen LogP contribution in [-0.2, 0) is 6.42 Å². The Morgan fingerprint density at radius 3 is 3.00 bits per heavy atom. The predicted octanol–water partition coefficient (Wildman–Crippen LogP) is 2.69. The van der Waals surface area contributed by atoms with Gasteiger partial charge in [-0.1, -0.05) is 12.1 Å². The Morgan fingerprint density at radius 2 is 2.20 bits per heavy atom. The van der Waals surface area contributed by atoms with E-state index in [0.29, 0.717) is 17.8 Å². The van der Waals surface area contributed by atoms with Gasteiger partial charge in [-0.3, -0.25) is 9.78 Å². The SMILES string of the molecule is Cc1cc(C(=O)N2CCCc3cccc(O)c32)ccn1. The fourth-order valence-corrected chi connectivity index (χ4v) is 2.67. The van der Waals surface area contributed by atoms with Crippen molar-refractivity contribution in [2.24, 2.45) is 0 Å². The highest BCUT2D eigenvalue weighted by atomic mass is 16.3. The molecule has 1 aliphatic rings. The van der Waals surface area contributed by atoms with Gasteiger partial charge in [-0.2, -0.15) is 0 Å². The molecule has 3 rings (SSSR count). The second-order valence-electron chi connectivity index (χ2n) is 5.03. The van der Waals surface area contributed by atoms with Crippen molar-refractivity contribution in [2.75, 3.05) is 11.4 Å². The zero-order chi connectivity index (χ0) is 14.1. The van der Waals surface area contributed by atoms with Crippen molar-refractivity contribution >= 4 is 11.6 Å². The third kappa shape index (κ3) is 2.13. The van der Waals surface area contributed by atoms with E-state index >= 15 is 0 Å². The number of nitrogens with zero attached hydrogens (tertiary/aromatic N) is 2. The molecule has 1 aromatic carbocycles. The summed E-state index contributed by atoms with van der Waals surface area (Å²) in [5.41, 5.74) is 3.09. The molecule has 0 saturated carbocycles. The van der Waals surface area contributed by atoms with E-state index in [9.17, 15) is 9.90 Å². The van der Waals surface area contributed by atoms with Gasteiger partial charge in [0, 0.05) is 24.0 Å². The lowest BCUT2D eigenvalue weighted by Crippen LogP contribution is -2.35. The van der Waals surface area contributed by atoms with E-state index in [-0.39, 0.29) is 11.7 Å². The molecule has 4 heteroatoms. The molecular weight excluding hydrogens is 252 g/mol. The molecular formula is C16H16N2O2. The molecule has 1 amide bonds. The summed E-state index contributed by atoms with van der Waals surface area (Å²) in [6.07, 6.45) is 3.44. The average molecular weight is 268 g/mol. The van der Waals surface area contributed by atoms with Crippen LogP contribution < -0.4 is 4.90 Å². The van der Waals surface area contributed by atoms with Gasteiger partial charge in [0.25, 0.3) is 5.91 Å². The number of carbonyl (C=O) groups is 1. The van der Waals surface area contributed by atoms with Crippen LogP contribution >= 0.6 is 0 Å². The van der Waals surface area contributed by atoms with Crippen molar-refractivity contribution in [3.63, 3.8) is 0 Å². The van der Waals surface area contributed by atoms with Crippen molar-refractivity contribution in [1.29, 1.82) is 0 Å². The summed E-state index contributed by atoms with van der Waals surface area (Å²) >= 11 is 0. The minimum absolute atomic E-state index is 0.0852. The molecule has 0 aliphatic carbocycles. The van der Waals surface area contributed by atoms with Crippen LogP contribution in [0.5, 0.6) is 5.75 Å². The van der Waals surface area contributed by atoms with Crippen molar-refractivity contribution < 1.29 is 9.90 Å². The van der Waals surface area contributed by atoms with Crippen LogP contribution in [0.4, 0.5) is 5.69 Å². The van der Waals surface area contributed by atoms with E-state index in [1.165, 1.54) is 0 Å². The Balaban J connectivity index is 2.03. The van der Waals surface area contributed by atoms with Crippen molar-refractivity contribution in [3.05, 3.63) is 53.3 Å². The van der Waals surface area contributed by atoms with Crippen molar-refractivity contribution in [1.82, 2.24) is 4.98 Å². The summed E-state index contributed by atoms with van der Waals surface area (Å²) in [5, 5.41) is 10.1. The molecule has 0 spiro atoms. The first-order chi connectivity index (χ1) is 9.66. The fraction of sp³-hybridized carbons (Fsp3) is 0.250. The van der Waals surface area contributed by atoms with Gasteiger partial charge < -0.3 is 10.0 Å². The summed E-state index contributed by atoms with van der Waals surface area (Å²) in [5.74, 6) is 0.0827. The topological polar surface area (TPSA) is 53.4 Å². The first kappa shape index (κ1) is 12.7. The molecule has 0 radical (unpaired) electrons. The number of carbonyl (C=O) groups excluding carboxylic acids is 1. The number of aromatic hydroxyl groups is 1. The van der Waals surface area contributed by atoms with Crippen LogP contribution in [0.25, 0.3) is 0 Å². The molecule has 1 N–H and O–H groups in total. The number of anilines is 1. The van der Waals surface area contributed by atoms with Gasteiger partial charge in [0.2, 0.25) is 0 Å². The number of benzene rings is 1. The summed E-state index contributed by atoms with van der Waals surface area (Å²) in [6, 6.07) is 8.90. The summed E-state index contributed by atoms with van der Waals surface area (Å²) < 4.78 is 0. The Bertz CT molecular complexity index is 667. The van der Waals surface area contributed by atoms with E-state index in [1.54, 1.807) is 29.3 Å². The molecule has 2 heterocycles. The number of phenols is 1. The zero-order valence-corrected chi connectivity index (χ0v) is 11.3. The quantitative estimate of drug-likeness (QED) is 0.865. The molecule has 102 valence electrons. The largest absolute Gasteiger partial charge is 0.506 e. The second kappa shape index (κ2) is 4.96. The minimum Gasteiger partial charge on any atom is -0.506 e. The molecule has 1 aromatic heterocycles. The van der Waals surface area contributed by atoms with E-state index in [1.807, 2.05) is 19.1 Å². The molecule has 0 atom stereocenters. The van der Waals surface area contributed by atoms with E-state index < -0.39 is 0 Å². The number of aryl methyl sites for hydroxylation is 2. The molecule has 1 aliphatic heterocycles. The van der Waals surface area contributed by atoms with Crippen LogP contribution in [-0.4, -0.2) is 22.5 Å². The number of hydrogen-bond acceptors (Lipinski definition) is 3. The number of para-hydroxylation sites is 1. The normalized spacial score (nSPS) is 13.9. The van der Waals surface area contributed by atoms with E-state index in [4.69, 9.17) is 0 Å². The van der Waals surface area contributed by atoms with Gasteiger partial charge in [0.15, 0.2) is 0 Å².